The number of aromatic nitrogens is 2. The zero-order valence-electron chi connectivity index (χ0n) is 14.1. The maximum Gasteiger partial charge on any atom is 0.253 e. The molecule has 4 nitrogen and oxygen atoms in total. The number of benzene rings is 1. The summed E-state index contributed by atoms with van der Waals surface area (Å²) >= 11 is 1.56. The van der Waals surface area contributed by atoms with Crippen molar-refractivity contribution in [1.82, 2.24) is 14.9 Å². The Morgan fingerprint density at radius 3 is 2.67 bits per heavy atom. The van der Waals surface area contributed by atoms with Crippen molar-refractivity contribution in [3.05, 3.63) is 58.7 Å². The largest absolute Gasteiger partial charge is 0.352 e. The van der Waals surface area contributed by atoms with Crippen LogP contribution in [0.25, 0.3) is 16.9 Å². The summed E-state index contributed by atoms with van der Waals surface area (Å²) in [6.07, 6.45) is 3.92. The first-order valence-electron chi connectivity index (χ1n) is 8.01. The maximum absolute atomic E-state index is 12.8. The summed E-state index contributed by atoms with van der Waals surface area (Å²) in [5.41, 5.74) is 6.38. The molecule has 0 fully saturated rings. The number of carbonyl (C=O) groups excluding carboxylic acids is 1. The van der Waals surface area contributed by atoms with Crippen LogP contribution >= 0.6 is 11.3 Å². The van der Waals surface area contributed by atoms with Crippen molar-refractivity contribution < 1.29 is 4.79 Å². The zero-order chi connectivity index (χ0) is 17.1. The number of nitrogens with zero attached hydrogens (tertiary/aromatic N) is 2. The van der Waals surface area contributed by atoms with Crippen LogP contribution in [0.5, 0.6) is 0 Å². The normalized spacial score (nSPS) is 11.0. The number of nitrogens with one attached hydrogen (secondary N) is 1. The molecule has 0 unspecified atom stereocenters. The van der Waals surface area contributed by atoms with Gasteiger partial charge in [0.1, 0.15) is 0 Å². The van der Waals surface area contributed by atoms with E-state index in [1.54, 1.807) is 11.3 Å². The average Bonchev–Trinajstić information content (AvgIpc) is 3.25. The van der Waals surface area contributed by atoms with E-state index in [1.165, 1.54) is 0 Å². The van der Waals surface area contributed by atoms with Crippen LogP contribution in [0.4, 0.5) is 0 Å². The van der Waals surface area contributed by atoms with Crippen molar-refractivity contribution in [1.29, 1.82) is 0 Å². The van der Waals surface area contributed by atoms with Gasteiger partial charge in [-0.15, -0.1) is 11.3 Å². The fourth-order valence-electron chi connectivity index (χ4n) is 2.68. The Hall–Kier alpha value is -2.40. The Labute approximate surface area is 146 Å². The minimum Gasteiger partial charge on any atom is -0.352 e. The van der Waals surface area contributed by atoms with Gasteiger partial charge in [0.05, 0.1) is 22.5 Å². The summed E-state index contributed by atoms with van der Waals surface area (Å²) < 4.78 is 1.99. The lowest BCUT2D eigenvalue weighted by molar-refractivity contribution is 0.0949. The first kappa shape index (κ1) is 16.5. The molecule has 0 bridgehead atoms. The first-order valence-corrected chi connectivity index (χ1v) is 8.96. The molecule has 0 aliphatic carbocycles. The predicted octanol–water partition coefficient (Wildman–Crippen LogP) is 4.30. The first-order chi connectivity index (χ1) is 11.6. The molecule has 0 atom stereocenters. The van der Waals surface area contributed by atoms with Gasteiger partial charge in [0.25, 0.3) is 5.91 Å². The van der Waals surface area contributed by atoms with Crippen molar-refractivity contribution in [3.8, 4) is 16.9 Å². The van der Waals surface area contributed by atoms with Crippen LogP contribution in [-0.2, 0) is 0 Å². The van der Waals surface area contributed by atoms with Gasteiger partial charge >= 0.3 is 0 Å². The van der Waals surface area contributed by atoms with Crippen LogP contribution in [0, 0.1) is 12.8 Å². The van der Waals surface area contributed by atoms with E-state index < -0.39 is 0 Å². The molecule has 2 aromatic heterocycles. The number of rotatable bonds is 5. The van der Waals surface area contributed by atoms with Crippen LogP contribution in [0.3, 0.4) is 0 Å². The van der Waals surface area contributed by atoms with E-state index in [0.29, 0.717) is 18.0 Å². The highest BCUT2D eigenvalue weighted by molar-refractivity contribution is 7.07. The van der Waals surface area contributed by atoms with Gasteiger partial charge in [-0.1, -0.05) is 19.9 Å². The van der Waals surface area contributed by atoms with Crippen LogP contribution in [-0.4, -0.2) is 22.0 Å². The molecule has 0 saturated carbocycles. The molecule has 5 heteroatoms. The lowest BCUT2D eigenvalue weighted by Crippen LogP contribution is -2.28. The molecular formula is C19H21N3OS. The highest BCUT2D eigenvalue weighted by Gasteiger charge is 2.20. The predicted molar refractivity (Wildman–Crippen MR) is 98.8 cm³/mol. The van der Waals surface area contributed by atoms with Gasteiger partial charge in [0, 0.05) is 29.9 Å². The third kappa shape index (κ3) is 3.26. The summed E-state index contributed by atoms with van der Waals surface area (Å²) in [7, 11) is 0. The van der Waals surface area contributed by atoms with Crippen LogP contribution < -0.4 is 5.32 Å². The molecule has 1 aromatic carbocycles. The second-order valence-electron chi connectivity index (χ2n) is 6.22. The highest BCUT2D eigenvalue weighted by Crippen LogP contribution is 2.33. The molecule has 0 spiro atoms. The lowest BCUT2D eigenvalue weighted by atomic mass is 9.98. The van der Waals surface area contributed by atoms with E-state index in [0.717, 1.165) is 22.5 Å². The van der Waals surface area contributed by atoms with Gasteiger partial charge < -0.3 is 9.88 Å². The summed E-state index contributed by atoms with van der Waals surface area (Å²) in [6.45, 7) is 6.88. The van der Waals surface area contributed by atoms with Crippen molar-refractivity contribution in [2.75, 3.05) is 6.54 Å². The minimum absolute atomic E-state index is 0.0520. The number of aryl methyl sites for hydroxylation is 1. The molecule has 1 amide bonds. The molecule has 0 aliphatic rings. The third-order valence-corrected chi connectivity index (χ3v) is 4.44. The Bertz CT molecular complexity index is 821. The standard InChI is InChI=1S/C19H21N3OS/c1-13(2)10-20-19(23)15-7-6-14(3)17(16-11-24-12-21-16)18(15)22-8-4-5-9-22/h4-9,11-13H,10H2,1-3H3,(H,20,23). The average molecular weight is 339 g/mol. The summed E-state index contributed by atoms with van der Waals surface area (Å²) in [5, 5.41) is 5.04. The van der Waals surface area contributed by atoms with Gasteiger partial charge in [-0.25, -0.2) is 4.98 Å². The monoisotopic (exact) mass is 339 g/mol. The lowest BCUT2D eigenvalue weighted by Gasteiger charge is -2.17. The minimum atomic E-state index is -0.0520. The number of hydrogen-bond acceptors (Lipinski definition) is 3. The Balaban J connectivity index is 2.16. The number of hydrogen-bond donors (Lipinski definition) is 1. The van der Waals surface area contributed by atoms with E-state index >= 15 is 0 Å². The molecule has 3 aromatic rings. The SMILES string of the molecule is Cc1ccc(C(=O)NCC(C)C)c(-n2cccc2)c1-c1cscn1. The van der Waals surface area contributed by atoms with Crippen LogP contribution in [0.1, 0.15) is 29.8 Å². The fourth-order valence-corrected chi connectivity index (χ4v) is 3.22. The molecular weight excluding hydrogens is 318 g/mol. The smallest absolute Gasteiger partial charge is 0.253 e. The fraction of sp³-hybridized carbons (Fsp3) is 0.263. The second kappa shape index (κ2) is 7.01. The molecule has 3 rings (SSSR count). The highest BCUT2D eigenvalue weighted by atomic mass is 32.1. The van der Waals surface area contributed by atoms with Crippen LogP contribution in [0.15, 0.2) is 47.5 Å². The van der Waals surface area contributed by atoms with Crippen molar-refractivity contribution in [2.24, 2.45) is 5.92 Å². The molecule has 124 valence electrons. The second-order valence-corrected chi connectivity index (χ2v) is 6.94. The van der Waals surface area contributed by atoms with E-state index in [1.807, 2.05) is 52.1 Å². The van der Waals surface area contributed by atoms with Gasteiger partial charge in [0.2, 0.25) is 0 Å². The molecule has 1 N–H and O–H groups in total. The quantitative estimate of drug-likeness (QED) is 0.753. The zero-order valence-corrected chi connectivity index (χ0v) is 14.9. The Morgan fingerprint density at radius 1 is 1.29 bits per heavy atom. The van der Waals surface area contributed by atoms with Crippen molar-refractivity contribution in [2.45, 2.75) is 20.8 Å². The topological polar surface area (TPSA) is 46.9 Å². The van der Waals surface area contributed by atoms with Crippen molar-refractivity contribution >= 4 is 17.2 Å². The molecule has 0 saturated heterocycles. The van der Waals surface area contributed by atoms with E-state index in [4.69, 9.17) is 0 Å². The third-order valence-electron chi connectivity index (χ3n) is 3.85. The summed E-state index contributed by atoms with van der Waals surface area (Å²) in [4.78, 5) is 17.2. The van der Waals surface area contributed by atoms with Gasteiger partial charge in [-0.05, 0) is 36.6 Å². The van der Waals surface area contributed by atoms with E-state index in [9.17, 15) is 4.79 Å². The van der Waals surface area contributed by atoms with Crippen molar-refractivity contribution in [3.63, 3.8) is 0 Å². The number of amides is 1. The Kier molecular flexibility index (Phi) is 4.81. The van der Waals surface area contributed by atoms with Gasteiger partial charge in [-0.2, -0.15) is 0 Å². The summed E-state index contributed by atoms with van der Waals surface area (Å²) in [6, 6.07) is 7.81. The Morgan fingerprint density at radius 2 is 2.04 bits per heavy atom. The van der Waals surface area contributed by atoms with E-state index in [-0.39, 0.29) is 5.91 Å². The number of carbonyl (C=O) groups is 1. The maximum atomic E-state index is 12.8. The van der Waals surface area contributed by atoms with E-state index in [2.05, 4.69) is 31.1 Å². The van der Waals surface area contributed by atoms with Gasteiger partial charge in [-0.3, -0.25) is 4.79 Å². The molecule has 0 radical (unpaired) electrons. The van der Waals surface area contributed by atoms with Gasteiger partial charge in [0.15, 0.2) is 0 Å². The molecule has 24 heavy (non-hydrogen) atoms. The number of thiazole rings is 1. The summed E-state index contributed by atoms with van der Waals surface area (Å²) in [5.74, 6) is 0.358. The molecule has 0 aliphatic heterocycles. The van der Waals surface area contributed by atoms with Crippen LogP contribution in [0.2, 0.25) is 0 Å². The molecule has 2 heterocycles.